The average Bonchev–Trinajstić information content (AvgIpc) is 2.72. The quantitative estimate of drug-likeness (QED) is 0.693. The zero-order valence-electron chi connectivity index (χ0n) is 10.7. The zero-order valence-corrected chi connectivity index (χ0v) is 10.7. The first-order chi connectivity index (χ1) is 7.52. The van der Waals surface area contributed by atoms with E-state index in [-0.39, 0.29) is 6.04 Å². The molecule has 1 aromatic heterocycles. The lowest BCUT2D eigenvalue weighted by molar-refractivity contribution is 0.0303. The minimum atomic E-state index is -0.591. The standard InChI is InChI=1S/C12H23N3O/c1-5-12(16,6-2)8-13-9(3)11-7-14-15-10(11)4/h7,9,13,16H,5-6,8H2,1-4H3,(H,14,15). The van der Waals surface area contributed by atoms with Crippen LogP contribution in [0.3, 0.4) is 0 Å². The second kappa shape index (κ2) is 5.46. The number of hydrogen-bond donors (Lipinski definition) is 3. The summed E-state index contributed by atoms with van der Waals surface area (Å²) in [6, 6.07) is 0.211. The number of aliphatic hydroxyl groups is 1. The molecule has 0 saturated heterocycles. The van der Waals surface area contributed by atoms with Crippen LogP contribution in [0, 0.1) is 6.92 Å². The predicted molar refractivity (Wildman–Crippen MR) is 65.3 cm³/mol. The fourth-order valence-electron chi connectivity index (χ4n) is 1.75. The van der Waals surface area contributed by atoms with E-state index in [0.29, 0.717) is 6.54 Å². The molecule has 0 bridgehead atoms. The number of H-pyrrole nitrogens is 1. The number of hydrogen-bond acceptors (Lipinski definition) is 3. The molecular weight excluding hydrogens is 202 g/mol. The molecule has 0 saturated carbocycles. The molecule has 0 aliphatic carbocycles. The van der Waals surface area contributed by atoms with Crippen molar-refractivity contribution in [3.05, 3.63) is 17.5 Å². The third-order valence-electron chi connectivity index (χ3n) is 3.39. The molecule has 0 fully saturated rings. The largest absolute Gasteiger partial charge is 0.389 e. The monoisotopic (exact) mass is 225 g/mol. The lowest BCUT2D eigenvalue weighted by atomic mass is 9.97. The molecule has 1 rings (SSSR count). The highest BCUT2D eigenvalue weighted by atomic mass is 16.3. The first-order valence-electron chi connectivity index (χ1n) is 5.98. The van der Waals surface area contributed by atoms with Gasteiger partial charge in [-0.05, 0) is 26.7 Å². The Hall–Kier alpha value is -0.870. The minimum Gasteiger partial charge on any atom is -0.389 e. The van der Waals surface area contributed by atoms with E-state index in [2.05, 4.69) is 22.4 Å². The Morgan fingerprint density at radius 1 is 1.50 bits per heavy atom. The second-order valence-corrected chi connectivity index (χ2v) is 4.48. The smallest absolute Gasteiger partial charge is 0.0766 e. The van der Waals surface area contributed by atoms with Crippen LogP contribution in [0.2, 0.25) is 0 Å². The summed E-state index contributed by atoms with van der Waals surface area (Å²) >= 11 is 0. The Balaban J connectivity index is 2.53. The van der Waals surface area contributed by atoms with Gasteiger partial charge in [-0.1, -0.05) is 13.8 Å². The maximum Gasteiger partial charge on any atom is 0.0766 e. The van der Waals surface area contributed by atoms with Gasteiger partial charge in [-0.3, -0.25) is 5.10 Å². The Morgan fingerprint density at radius 3 is 2.56 bits per heavy atom. The highest BCUT2D eigenvalue weighted by Crippen LogP contribution is 2.18. The third kappa shape index (κ3) is 3.06. The summed E-state index contributed by atoms with van der Waals surface area (Å²) in [7, 11) is 0. The number of nitrogens with zero attached hydrogens (tertiary/aromatic N) is 1. The van der Waals surface area contributed by atoms with Crippen molar-refractivity contribution < 1.29 is 5.11 Å². The van der Waals surface area contributed by atoms with Crippen molar-refractivity contribution in [2.45, 2.75) is 52.2 Å². The van der Waals surface area contributed by atoms with Gasteiger partial charge < -0.3 is 10.4 Å². The van der Waals surface area contributed by atoms with Crippen LogP contribution in [-0.4, -0.2) is 27.4 Å². The van der Waals surface area contributed by atoms with Crippen molar-refractivity contribution in [2.75, 3.05) is 6.54 Å². The van der Waals surface area contributed by atoms with Crippen molar-refractivity contribution in [3.8, 4) is 0 Å². The lowest BCUT2D eigenvalue weighted by Gasteiger charge is -2.27. The normalized spacial score (nSPS) is 14.1. The summed E-state index contributed by atoms with van der Waals surface area (Å²) in [6.07, 6.45) is 3.38. The highest BCUT2D eigenvalue weighted by molar-refractivity contribution is 5.18. The van der Waals surface area contributed by atoms with Gasteiger partial charge in [0.1, 0.15) is 0 Å². The van der Waals surface area contributed by atoms with Crippen molar-refractivity contribution >= 4 is 0 Å². The van der Waals surface area contributed by atoms with Crippen LogP contribution < -0.4 is 5.32 Å². The molecule has 0 aromatic carbocycles. The van der Waals surface area contributed by atoms with E-state index in [4.69, 9.17) is 0 Å². The molecule has 3 N–H and O–H groups in total. The van der Waals surface area contributed by atoms with E-state index in [1.165, 1.54) is 0 Å². The molecule has 0 aliphatic rings. The summed E-state index contributed by atoms with van der Waals surface area (Å²) in [4.78, 5) is 0. The van der Waals surface area contributed by atoms with Crippen LogP contribution in [0.1, 0.15) is 50.9 Å². The summed E-state index contributed by atoms with van der Waals surface area (Å²) in [6.45, 7) is 8.74. The third-order valence-corrected chi connectivity index (χ3v) is 3.39. The van der Waals surface area contributed by atoms with E-state index in [0.717, 1.165) is 24.1 Å². The highest BCUT2D eigenvalue weighted by Gasteiger charge is 2.23. The molecule has 16 heavy (non-hydrogen) atoms. The zero-order chi connectivity index (χ0) is 12.2. The molecule has 0 radical (unpaired) electrons. The Bertz CT molecular complexity index is 318. The van der Waals surface area contributed by atoms with Crippen molar-refractivity contribution in [1.29, 1.82) is 0 Å². The second-order valence-electron chi connectivity index (χ2n) is 4.48. The topological polar surface area (TPSA) is 60.9 Å². The fraction of sp³-hybridized carbons (Fsp3) is 0.750. The van der Waals surface area contributed by atoms with E-state index in [1.54, 1.807) is 0 Å². The van der Waals surface area contributed by atoms with Crippen LogP contribution in [0.5, 0.6) is 0 Å². The molecule has 1 heterocycles. The maximum atomic E-state index is 10.2. The van der Waals surface area contributed by atoms with Crippen LogP contribution in [0.15, 0.2) is 6.20 Å². The van der Waals surface area contributed by atoms with Crippen LogP contribution >= 0.6 is 0 Å². The summed E-state index contributed by atoms with van der Waals surface area (Å²) < 4.78 is 0. The molecule has 4 heteroatoms. The summed E-state index contributed by atoms with van der Waals surface area (Å²) in [5.74, 6) is 0. The van der Waals surface area contributed by atoms with Gasteiger partial charge in [0.15, 0.2) is 0 Å². The molecule has 1 aromatic rings. The fourth-order valence-corrected chi connectivity index (χ4v) is 1.75. The summed E-state index contributed by atoms with van der Waals surface area (Å²) in [5.41, 5.74) is 1.65. The van der Waals surface area contributed by atoms with Crippen molar-refractivity contribution in [2.24, 2.45) is 0 Å². The molecule has 92 valence electrons. The van der Waals surface area contributed by atoms with Gasteiger partial charge in [0.25, 0.3) is 0 Å². The Kier molecular flexibility index (Phi) is 4.50. The Morgan fingerprint density at radius 2 is 2.12 bits per heavy atom. The van der Waals surface area contributed by atoms with E-state index < -0.39 is 5.60 Å². The van der Waals surface area contributed by atoms with Gasteiger partial charge in [-0.2, -0.15) is 5.10 Å². The number of nitrogens with one attached hydrogen (secondary N) is 2. The minimum absolute atomic E-state index is 0.211. The molecule has 4 nitrogen and oxygen atoms in total. The van der Waals surface area contributed by atoms with Gasteiger partial charge in [-0.25, -0.2) is 0 Å². The lowest BCUT2D eigenvalue weighted by Crippen LogP contribution is -2.40. The van der Waals surface area contributed by atoms with Gasteiger partial charge >= 0.3 is 0 Å². The molecule has 0 amide bonds. The number of aryl methyl sites for hydroxylation is 1. The molecule has 1 unspecified atom stereocenters. The van der Waals surface area contributed by atoms with Gasteiger partial charge in [0.2, 0.25) is 0 Å². The molecule has 0 spiro atoms. The van der Waals surface area contributed by atoms with Crippen LogP contribution in [-0.2, 0) is 0 Å². The SMILES string of the molecule is CCC(O)(CC)CNC(C)c1cn[nH]c1C. The van der Waals surface area contributed by atoms with Gasteiger partial charge in [0.05, 0.1) is 11.8 Å². The average molecular weight is 225 g/mol. The predicted octanol–water partition coefficient (Wildman–Crippen LogP) is 1.92. The van der Waals surface area contributed by atoms with Gasteiger partial charge in [0, 0.05) is 23.8 Å². The van der Waals surface area contributed by atoms with Crippen LogP contribution in [0.25, 0.3) is 0 Å². The van der Waals surface area contributed by atoms with E-state index in [9.17, 15) is 5.11 Å². The van der Waals surface area contributed by atoms with Crippen molar-refractivity contribution in [1.82, 2.24) is 15.5 Å². The van der Waals surface area contributed by atoms with Crippen molar-refractivity contribution in [3.63, 3.8) is 0 Å². The molecule has 0 aliphatic heterocycles. The Labute approximate surface area is 97.5 Å². The first-order valence-corrected chi connectivity index (χ1v) is 5.98. The first kappa shape index (κ1) is 13.2. The van der Waals surface area contributed by atoms with Crippen LogP contribution in [0.4, 0.5) is 0 Å². The van der Waals surface area contributed by atoms with E-state index >= 15 is 0 Å². The molecular formula is C12H23N3O. The maximum absolute atomic E-state index is 10.2. The summed E-state index contributed by atoms with van der Waals surface area (Å²) in [5, 5.41) is 20.4. The number of aromatic nitrogens is 2. The van der Waals surface area contributed by atoms with E-state index in [1.807, 2.05) is 27.0 Å². The van der Waals surface area contributed by atoms with Gasteiger partial charge in [-0.15, -0.1) is 0 Å². The number of rotatable bonds is 6. The number of aromatic amines is 1. The molecule has 1 atom stereocenters.